The lowest BCUT2D eigenvalue weighted by atomic mass is 10.1. The van der Waals surface area contributed by atoms with Gasteiger partial charge in [0.2, 0.25) is 0 Å². The Hall–Kier alpha value is -3.46. The minimum atomic E-state index is 0. The molecule has 0 amide bonds. The smallest absolute Gasteiger partial charge is 0.0319 e. The van der Waals surface area contributed by atoms with Crippen molar-refractivity contribution in [3.05, 3.63) is 132 Å². The summed E-state index contributed by atoms with van der Waals surface area (Å²) in [7, 11) is 2.00. The minimum Gasteiger partial charge on any atom is -0.400 e. The average Bonchev–Trinajstić information content (AvgIpc) is 3.10. The highest BCUT2D eigenvalue weighted by atomic mass is 16.2. The van der Waals surface area contributed by atoms with E-state index in [4.69, 9.17) is 10.2 Å². The second kappa shape index (κ2) is 34.6. The van der Waals surface area contributed by atoms with Crippen molar-refractivity contribution in [1.29, 1.82) is 0 Å². The van der Waals surface area contributed by atoms with E-state index in [2.05, 4.69) is 135 Å². The molecule has 0 saturated heterocycles. The minimum absolute atomic E-state index is 0. The van der Waals surface area contributed by atoms with E-state index in [-0.39, 0.29) is 7.43 Å². The molecule has 0 atom stereocenters. The van der Waals surface area contributed by atoms with E-state index in [1.807, 2.05) is 41.5 Å². The van der Waals surface area contributed by atoms with Crippen molar-refractivity contribution in [2.45, 2.75) is 75.7 Å². The molecule has 228 valence electrons. The molecule has 5 aromatic carbocycles. The highest BCUT2D eigenvalue weighted by Gasteiger charge is 1.88. The molecule has 0 saturated carbocycles. The molecular formula is C39H60O2. The van der Waals surface area contributed by atoms with Gasteiger partial charge in [-0.25, -0.2) is 0 Å². The fourth-order valence-electron chi connectivity index (χ4n) is 3.28. The summed E-state index contributed by atoms with van der Waals surface area (Å²) >= 11 is 0. The van der Waals surface area contributed by atoms with E-state index >= 15 is 0 Å². The summed E-state index contributed by atoms with van der Waals surface area (Å²) < 4.78 is 0. The van der Waals surface area contributed by atoms with Crippen LogP contribution in [0.2, 0.25) is 0 Å². The molecule has 0 bridgehead atoms. The zero-order valence-electron chi connectivity index (χ0n) is 26.9. The lowest BCUT2D eigenvalue weighted by Gasteiger charge is -1.97. The number of aliphatic hydroxyl groups excluding tert-OH is 2. The molecule has 0 unspecified atom stereocenters. The number of rotatable bonds is 2. The first-order valence-electron chi connectivity index (χ1n) is 14.6. The molecule has 0 aromatic heterocycles. The molecule has 0 aliphatic carbocycles. The fraction of sp³-hybridized carbons (Fsp3) is 0.333. The topological polar surface area (TPSA) is 40.5 Å². The van der Waals surface area contributed by atoms with E-state index in [0.29, 0.717) is 0 Å². The summed E-state index contributed by atoms with van der Waals surface area (Å²) in [6.07, 6.45) is 2.29. The van der Waals surface area contributed by atoms with Crippen molar-refractivity contribution in [3.8, 4) is 0 Å². The maximum absolute atomic E-state index is 7.00. The first-order chi connectivity index (χ1) is 19.8. The number of fused-ring (bicyclic) bond motifs is 2. The standard InChI is InChI=1S/2C10H8.C10H14.3C2H6.2CH4O.CH4/c2*1-2-6-10-8-4-3-7-9(10)5-1;1-3-9-5-7-10(4-2)8-6-9;5*1-2;/h2*1-8H;5-8H,3-4H2,1-2H3;3*1-2H3;2*2H,1H3;1H4. The predicted octanol–water partition coefficient (Wildman–Crippen LogP) is 11.4. The number of benzene rings is 5. The molecule has 0 aliphatic rings. The first kappa shape index (κ1) is 44.6. The van der Waals surface area contributed by atoms with E-state index in [1.54, 1.807) is 0 Å². The molecular weight excluding hydrogens is 500 g/mol. The van der Waals surface area contributed by atoms with Crippen LogP contribution in [0.3, 0.4) is 0 Å². The number of hydrogen-bond donors (Lipinski definition) is 2. The van der Waals surface area contributed by atoms with Crippen LogP contribution in [0.4, 0.5) is 0 Å². The Morgan fingerprint density at radius 3 is 0.610 bits per heavy atom. The second-order valence-electron chi connectivity index (χ2n) is 7.22. The summed E-state index contributed by atoms with van der Waals surface area (Å²) in [5.74, 6) is 0. The normalized spacial score (nSPS) is 8.00. The van der Waals surface area contributed by atoms with E-state index in [0.717, 1.165) is 27.1 Å². The van der Waals surface area contributed by atoms with Gasteiger partial charge in [0.1, 0.15) is 0 Å². The highest BCUT2D eigenvalue weighted by Crippen LogP contribution is 2.12. The van der Waals surface area contributed by atoms with Gasteiger partial charge >= 0.3 is 0 Å². The SMILES string of the molecule is C.CC.CC.CC.CCc1ccc(CC)cc1.CO.CO.c1ccc2ccccc2c1.c1ccc2ccccc2c1. The average molecular weight is 561 g/mol. The summed E-state index contributed by atoms with van der Waals surface area (Å²) in [6.45, 7) is 16.4. The molecule has 2 heteroatoms. The molecule has 5 rings (SSSR count). The summed E-state index contributed by atoms with van der Waals surface area (Å²) in [6, 6.07) is 42.3. The Bertz CT molecular complexity index is 940. The van der Waals surface area contributed by atoms with Gasteiger partial charge in [0.25, 0.3) is 0 Å². The number of aliphatic hydroxyl groups is 2. The monoisotopic (exact) mass is 560 g/mol. The van der Waals surface area contributed by atoms with E-state index in [9.17, 15) is 0 Å². The maximum Gasteiger partial charge on any atom is 0.0319 e. The van der Waals surface area contributed by atoms with Crippen molar-refractivity contribution in [3.63, 3.8) is 0 Å². The Kier molecular flexibility index (Phi) is 37.6. The van der Waals surface area contributed by atoms with Crippen LogP contribution in [0.5, 0.6) is 0 Å². The van der Waals surface area contributed by atoms with Gasteiger partial charge in [-0.2, -0.15) is 0 Å². The third-order valence-corrected chi connectivity index (χ3v) is 5.16. The van der Waals surface area contributed by atoms with Gasteiger partial charge in [-0.3, -0.25) is 0 Å². The quantitative estimate of drug-likeness (QED) is 0.225. The Labute approximate surface area is 253 Å². The molecule has 0 fully saturated rings. The lowest BCUT2D eigenvalue weighted by molar-refractivity contribution is 0.399. The maximum atomic E-state index is 7.00. The molecule has 2 nitrogen and oxygen atoms in total. The van der Waals surface area contributed by atoms with Crippen LogP contribution in [0, 0.1) is 0 Å². The second-order valence-corrected chi connectivity index (χ2v) is 7.22. The van der Waals surface area contributed by atoms with Crippen molar-refractivity contribution in [2.75, 3.05) is 14.2 Å². The van der Waals surface area contributed by atoms with Gasteiger partial charge in [0.15, 0.2) is 0 Å². The van der Waals surface area contributed by atoms with Crippen molar-refractivity contribution in [1.82, 2.24) is 0 Å². The fourth-order valence-corrected chi connectivity index (χ4v) is 3.28. The molecule has 2 N–H and O–H groups in total. The Balaban J connectivity index is -0.000000215. The first-order valence-corrected chi connectivity index (χ1v) is 14.6. The van der Waals surface area contributed by atoms with Gasteiger partial charge in [-0.1, -0.05) is 184 Å². The van der Waals surface area contributed by atoms with Gasteiger partial charge in [0, 0.05) is 14.2 Å². The lowest BCUT2D eigenvalue weighted by Crippen LogP contribution is -1.81. The highest BCUT2D eigenvalue weighted by molar-refractivity contribution is 5.82. The van der Waals surface area contributed by atoms with Crippen molar-refractivity contribution < 1.29 is 10.2 Å². The number of aryl methyl sites for hydroxylation is 2. The van der Waals surface area contributed by atoms with Crippen molar-refractivity contribution >= 4 is 21.5 Å². The predicted molar refractivity (Wildman–Crippen MR) is 190 cm³/mol. The molecule has 0 spiro atoms. The van der Waals surface area contributed by atoms with Crippen LogP contribution in [-0.2, 0) is 12.8 Å². The van der Waals surface area contributed by atoms with Crippen LogP contribution in [0.15, 0.2) is 121 Å². The molecule has 41 heavy (non-hydrogen) atoms. The summed E-state index contributed by atoms with van der Waals surface area (Å²) in [4.78, 5) is 0. The van der Waals surface area contributed by atoms with Crippen LogP contribution in [-0.4, -0.2) is 24.4 Å². The summed E-state index contributed by atoms with van der Waals surface area (Å²) in [5, 5.41) is 19.2. The van der Waals surface area contributed by atoms with Crippen LogP contribution < -0.4 is 0 Å². The molecule has 0 heterocycles. The zero-order chi connectivity index (χ0) is 31.0. The van der Waals surface area contributed by atoms with Gasteiger partial charge < -0.3 is 10.2 Å². The van der Waals surface area contributed by atoms with Crippen LogP contribution in [0.1, 0.15) is 73.9 Å². The number of hydrogen-bond acceptors (Lipinski definition) is 2. The van der Waals surface area contributed by atoms with Crippen LogP contribution >= 0.6 is 0 Å². The van der Waals surface area contributed by atoms with Crippen LogP contribution in [0.25, 0.3) is 21.5 Å². The molecule has 0 aliphatic heterocycles. The third-order valence-electron chi connectivity index (χ3n) is 5.16. The third kappa shape index (κ3) is 20.1. The molecule has 5 aromatic rings. The summed E-state index contributed by atoms with van der Waals surface area (Å²) in [5.41, 5.74) is 2.86. The van der Waals surface area contributed by atoms with Gasteiger partial charge in [0.05, 0.1) is 0 Å². The zero-order valence-corrected chi connectivity index (χ0v) is 26.9. The Morgan fingerprint density at radius 1 is 0.341 bits per heavy atom. The van der Waals surface area contributed by atoms with Gasteiger partial charge in [-0.05, 0) is 45.5 Å². The van der Waals surface area contributed by atoms with Crippen molar-refractivity contribution in [2.24, 2.45) is 0 Å². The van der Waals surface area contributed by atoms with E-state index in [1.165, 1.54) is 32.7 Å². The van der Waals surface area contributed by atoms with E-state index < -0.39 is 0 Å². The molecule has 0 radical (unpaired) electrons. The largest absolute Gasteiger partial charge is 0.400 e. The Morgan fingerprint density at radius 2 is 0.488 bits per heavy atom. The van der Waals surface area contributed by atoms with Gasteiger partial charge in [-0.15, -0.1) is 0 Å².